The Labute approximate surface area is 236 Å². The number of nitrogens with zero attached hydrogens (tertiary/aromatic N) is 2. The minimum Gasteiger partial charge on any atom is -0.354 e. The summed E-state index contributed by atoms with van der Waals surface area (Å²) in [6, 6.07) is 19.7. The van der Waals surface area contributed by atoms with Crippen LogP contribution >= 0.6 is 11.6 Å². The Morgan fingerprint density at radius 3 is 2.31 bits per heavy atom. The summed E-state index contributed by atoms with van der Waals surface area (Å²) in [6.45, 7) is 7.46. The van der Waals surface area contributed by atoms with E-state index in [-0.39, 0.29) is 17.3 Å². The molecule has 0 saturated heterocycles. The lowest BCUT2D eigenvalue weighted by Gasteiger charge is -2.32. The number of unbranched alkanes of at least 4 members (excludes halogenated alkanes) is 1. The van der Waals surface area contributed by atoms with E-state index < -0.39 is 28.5 Å². The van der Waals surface area contributed by atoms with Gasteiger partial charge in [-0.1, -0.05) is 73.0 Å². The molecule has 3 aromatic carbocycles. The van der Waals surface area contributed by atoms with Gasteiger partial charge in [0.25, 0.3) is 10.0 Å². The molecule has 0 saturated carbocycles. The van der Waals surface area contributed by atoms with Crippen LogP contribution in [0.3, 0.4) is 0 Å². The second-order valence-electron chi connectivity index (χ2n) is 9.58. The van der Waals surface area contributed by atoms with Crippen LogP contribution < -0.4 is 9.62 Å². The summed E-state index contributed by atoms with van der Waals surface area (Å²) in [7, 11) is -4.10. The number of para-hydroxylation sites is 1. The molecule has 0 aliphatic carbocycles. The number of hydrogen-bond donors (Lipinski definition) is 1. The number of amides is 2. The highest BCUT2D eigenvalue weighted by atomic mass is 35.5. The van der Waals surface area contributed by atoms with Gasteiger partial charge in [0.2, 0.25) is 11.8 Å². The number of carbonyl (C=O) groups excluding carboxylic acids is 2. The average Bonchev–Trinajstić information content (AvgIpc) is 2.90. The fourth-order valence-electron chi connectivity index (χ4n) is 4.14. The summed E-state index contributed by atoms with van der Waals surface area (Å²) in [4.78, 5) is 28.4. The van der Waals surface area contributed by atoms with Crippen molar-refractivity contribution in [3.05, 3.63) is 94.5 Å². The largest absolute Gasteiger partial charge is 0.354 e. The van der Waals surface area contributed by atoms with E-state index in [0.29, 0.717) is 22.8 Å². The van der Waals surface area contributed by atoms with Gasteiger partial charge in [0.05, 0.1) is 10.6 Å². The van der Waals surface area contributed by atoms with Gasteiger partial charge in [0, 0.05) is 18.1 Å². The van der Waals surface area contributed by atoms with Crippen molar-refractivity contribution in [2.24, 2.45) is 0 Å². The van der Waals surface area contributed by atoms with Crippen molar-refractivity contribution in [2.75, 3.05) is 17.4 Å². The van der Waals surface area contributed by atoms with Crippen LogP contribution in [0.25, 0.3) is 0 Å². The van der Waals surface area contributed by atoms with Gasteiger partial charge < -0.3 is 10.2 Å². The quantitative estimate of drug-likeness (QED) is 0.292. The summed E-state index contributed by atoms with van der Waals surface area (Å²) in [6.07, 6.45) is 1.73. The third kappa shape index (κ3) is 7.83. The predicted molar refractivity (Wildman–Crippen MR) is 156 cm³/mol. The van der Waals surface area contributed by atoms with Gasteiger partial charge in [-0.05, 0) is 68.7 Å². The van der Waals surface area contributed by atoms with Crippen molar-refractivity contribution in [2.45, 2.75) is 58.0 Å². The normalized spacial score (nSPS) is 12.0. The number of hydrogen-bond acceptors (Lipinski definition) is 4. The molecule has 0 aromatic heterocycles. The minimum atomic E-state index is -4.10. The van der Waals surface area contributed by atoms with E-state index in [9.17, 15) is 18.0 Å². The molecule has 0 radical (unpaired) electrons. The van der Waals surface area contributed by atoms with Gasteiger partial charge in [-0.25, -0.2) is 8.42 Å². The third-order valence-corrected chi connectivity index (χ3v) is 8.52. The van der Waals surface area contributed by atoms with Gasteiger partial charge in [-0.3, -0.25) is 13.9 Å². The van der Waals surface area contributed by atoms with Gasteiger partial charge >= 0.3 is 0 Å². The van der Waals surface area contributed by atoms with Crippen molar-refractivity contribution in [1.29, 1.82) is 0 Å². The van der Waals surface area contributed by atoms with E-state index in [1.807, 2.05) is 26.0 Å². The molecule has 3 rings (SSSR count). The van der Waals surface area contributed by atoms with Crippen molar-refractivity contribution < 1.29 is 18.0 Å². The van der Waals surface area contributed by atoms with Crippen LogP contribution in [0.2, 0.25) is 5.02 Å². The van der Waals surface area contributed by atoms with E-state index in [0.717, 1.165) is 28.3 Å². The Hall–Kier alpha value is -3.36. The summed E-state index contributed by atoms with van der Waals surface area (Å²) in [5, 5.41) is 3.38. The van der Waals surface area contributed by atoms with Crippen molar-refractivity contribution >= 4 is 39.1 Å². The molecular weight excluding hydrogens is 534 g/mol. The van der Waals surface area contributed by atoms with Crippen molar-refractivity contribution in [1.82, 2.24) is 10.2 Å². The van der Waals surface area contributed by atoms with E-state index in [4.69, 9.17) is 11.6 Å². The summed E-state index contributed by atoms with van der Waals surface area (Å²) in [5.74, 6) is -0.810. The van der Waals surface area contributed by atoms with Crippen molar-refractivity contribution in [3.63, 3.8) is 0 Å². The molecule has 9 heteroatoms. The van der Waals surface area contributed by atoms with Gasteiger partial charge in [0.1, 0.15) is 12.6 Å². The number of nitrogens with one attached hydrogen (secondary N) is 1. The lowest BCUT2D eigenvalue weighted by atomic mass is 10.1. The molecule has 1 N–H and O–H groups in total. The fourth-order valence-corrected chi connectivity index (χ4v) is 5.84. The Bertz CT molecular complexity index is 1390. The van der Waals surface area contributed by atoms with E-state index in [1.165, 1.54) is 17.0 Å². The Kier molecular flexibility index (Phi) is 10.5. The number of halogens is 1. The highest BCUT2D eigenvalue weighted by Gasteiger charge is 2.33. The zero-order chi connectivity index (χ0) is 28.6. The minimum absolute atomic E-state index is 0.0795. The molecule has 2 amide bonds. The van der Waals surface area contributed by atoms with Gasteiger partial charge in [-0.15, -0.1) is 0 Å². The van der Waals surface area contributed by atoms with Crippen LogP contribution in [0.4, 0.5) is 5.69 Å². The molecular formula is C30H36ClN3O4S. The standard InChI is InChI=1S/C30H36ClN3O4S/c1-5-6-18-32-30(36)24(4)33(20-25-11-9-12-26(31)19-25)29(35)21-34(28-13-8-7-10-23(28)3)39(37,38)27-16-14-22(2)15-17-27/h7-17,19,24H,5-6,18,20-21H2,1-4H3,(H,32,36)/t24-/m1/s1. The number of sulfonamides is 1. The Balaban J connectivity index is 2.01. The maximum atomic E-state index is 13.9. The zero-order valence-electron chi connectivity index (χ0n) is 22.9. The summed E-state index contributed by atoms with van der Waals surface area (Å²) < 4.78 is 28.9. The molecule has 0 unspecified atom stereocenters. The van der Waals surface area contributed by atoms with Crippen LogP contribution in [0, 0.1) is 13.8 Å². The topological polar surface area (TPSA) is 86.8 Å². The average molecular weight is 570 g/mol. The van der Waals surface area contributed by atoms with Crippen LogP contribution in [-0.4, -0.2) is 44.3 Å². The zero-order valence-corrected chi connectivity index (χ0v) is 24.4. The van der Waals surface area contributed by atoms with Crippen LogP contribution in [0.1, 0.15) is 43.4 Å². The lowest BCUT2D eigenvalue weighted by molar-refractivity contribution is -0.139. The first-order chi connectivity index (χ1) is 18.5. The Morgan fingerprint density at radius 1 is 0.974 bits per heavy atom. The maximum Gasteiger partial charge on any atom is 0.264 e. The number of rotatable bonds is 12. The summed E-state index contributed by atoms with van der Waals surface area (Å²) >= 11 is 6.18. The van der Waals surface area contributed by atoms with E-state index >= 15 is 0 Å². The van der Waals surface area contributed by atoms with Crippen molar-refractivity contribution in [3.8, 4) is 0 Å². The number of carbonyl (C=O) groups is 2. The SMILES string of the molecule is CCCCNC(=O)[C@@H](C)N(Cc1cccc(Cl)c1)C(=O)CN(c1ccccc1C)S(=O)(=O)c1ccc(C)cc1. The second-order valence-corrected chi connectivity index (χ2v) is 11.9. The molecule has 0 aliphatic rings. The monoisotopic (exact) mass is 569 g/mol. The third-order valence-electron chi connectivity index (χ3n) is 6.51. The lowest BCUT2D eigenvalue weighted by Crippen LogP contribution is -2.51. The maximum absolute atomic E-state index is 13.9. The molecule has 0 bridgehead atoms. The molecule has 3 aromatic rings. The Morgan fingerprint density at radius 2 is 1.67 bits per heavy atom. The first kappa shape index (κ1) is 30.2. The molecule has 0 heterocycles. The van der Waals surface area contributed by atoms with Crippen LogP contribution in [0.5, 0.6) is 0 Å². The molecule has 7 nitrogen and oxygen atoms in total. The number of aryl methyl sites for hydroxylation is 2. The second kappa shape index (κ2) is 13.6. The number of anilines is 1. The van der Waals surface area contributed by atoms with Gasteiger partial charge in [0.15, 0.2) is 0 Å². The highest BCUT2D eigenvalue weighted by Crippen LogP contribution is 2.27. The highest BCUT2D eigenvalue weighted by molar-refractivity contribution is 7.92. The summed E-state index contributed by atoms with van der Waals surface area (Å²) in [5.41, 5.74) is 2.75. The molecule has 1 atom stereocenters. The molecule has 0 fully saturated rings. The number of benzene rings is 3. The molecule has 0 aliphatic heterocycles. The van der Waals surface area contributed by atoms with Gasteiger partial charge in [-0.2, -0.15) is 0 Å². The smallest absolute Gasteiger partial charge is 0.264 e. The molecule has 39 heavy (non-hydrogen) atoms. The van der Waals surface area contributed by atoms with Crippen LogP contribution in [-0.2, 0) is 26.2 Å². The first-order valence-corrected chi connectivity index (χ1v) is 14.8. The molecule has 208 valence electrons. The van der Waals surface area contributed by atoms with E-state index in [1.54, 1.807) is 62.4 Å². The van der Waals surface area contributed by atoms with E-state index in [2.05, 4.69) is 5.32 Å². The predicted octanol–water partition coefficient (Wildman–Crippen LogP) is 5.49. The fraction of sp³-hybridized carbons (Fsp3) is 0.333. The first-order valence-electron chi connectivity index (χ1n) is 13.0. The van der Waals surface area contributed by atoms with Crippen LogP contribution in [0.15, 0.2) is 77.7 Å². The molecule has 0 spiro atoms.